The lowest BCUT2D eigenvalue weighted by Gasteiger charge is -2.38. The summed E-state index contributed by atoms with van der Waals surface area (Å²) in [5, 5.41) is 9.31. The largest absolute Gasteiger partial charge is 0.481 e. The van der Waals surface area contributed by atoms with Gasteiger partial charge in [-0.2, -0.15) is 0 Å². The third kappa shape index (κ3) is 3.36. The molecule has 1 heterocycles. The van der Waals surface area contributed by atoms with Gasteiger partial charge in [0.1, 0.15) is 6.04 Å². The minimum atomic E-state index is -0.903. The van der Waals surface area contributed by atoms with E-state index >= 15 is 0 Å². The van der Waals surface area contributed by atoms with E-state index in [1.54, 1.807) is 4.90 Å². The Balaban J connectivity index is 2.15. The number of methoxy groups -OCH3 is 1. The van der Waals surface area contributed by atoms with Crippen molar-refractivity contribution in [1.82, 2.24) is 4.90 Å². The molecule has 6 heteroatoms. The van der Waals surface area contributed by atoms with Gasteiger partial charge in [0, 0.05) is 6.54 Å². The van der Waals surface area contributed by atoms with Gasteiger partial charge in [0.05, 0.1) is 18.9 Å². The highest BCUT2D eigenvalue weighted by molar-refractivity contribution is 5.89. The summed E-state index contributed by atoms with van der Waals surface area (Å²) in [6.45, 7) is 0.515. The van der Waals surface area contributed by atoms with Gasteiger partial charge in [0.15, 0.2) is 0 Å². The van der Waals surface area contributed by atoms with Crippen LogP contribution in [-0.2, 0) is 19.1 Å². The fourth-order valence-electron chi connectivity index (χ4n) is 3.51. The van der Waals surface area contributed by atoms with Gasteiger partial charge in [-0.3, -0.25) is 9.59 Å². The second-order valence-corrected chi connectivity index (χ2v) is 5.90. The van der Waals surface area contributed by atoms with Crippen LogP contribution in [-0.4, -0.2) is 47.5 Å². The molecule has 0 bridgehead atoms. The van der Waals surface area contributed by atoms with Crippen molar-refractivity contribution >= 4 is 17.8 Å². The first-order valence-electron chi connectivity index (χ1n) is 7.67. The molecular formula is C15H23NO5. The number of rotatable bonds is 3. The number of hydrogen-bond acceptors (Lipinski definition) is 4. The van der Waals surface area contributed by atoms with Crippen LogP contribution in [0, 0.1) is 11.8 Å². The maximum Gasteiger partial charge on any atom is 0.328 e. The van der Waals surface area contributed by atoms with Crippen LogP contribution in [0.3, 0.4) is 0 Å². The van der Waals surface area contributed by atoms with Crippen LogP contribution >= 0.6 is 0 Å². The summed E-state index contributed by atoms with van der Waals surface area (Å²) in [6, 6.07) is -0.548. The van der Waals surface area contributed by atoms with Crippen LogP contribution in [0.4, 0.5) is 0 Å². The van der Waals surface area contributed by atoms with Gasteiger partial charge in [-0.1, -0.05) is 12.8 Å². The van der Waals surface area contributed by atoms with E-state index < -0.39 is 29.8 Å². The third-order valence-electron chi connectivity index (χ3n) is 4.66. The summed E-state index contributed by atoms with van der Waals surface area (Å²) < 4.78 is 4.78. The number of carboxylic acid groups (broad SMARTS) is 1. The van der Waals surface area contributed by atoms with Crippen molar-refractivity contribution in [2.24, 2.45) is 11.8 Å². The van der Waals surface area contributed by atoms with Crippen molar-refractivity contribution < 1.29 is 24.2 Å². The molecule has 1 amide bonds. The molecule has 3 unspecified atom stereocenters. The van der Waals surface area contributed by atoms with Crippen molar-refractivity contribution in [2.75, 3.05) is 13.7 Å². The van der Waals surface area contributed by atoms with Crippen molar-refractivity contribution in [3.8, 4) is 0 Å². The molecule has 0 spiro atoms. The SMILES string of the molecule is COC(=O)C1CCCCN1C(=O)C1CCCCC1C(=O)O. The van der Waals surface area contributed by atoms with Crippen molar-refractivity contribution in [2.45, 2.75) is 51.0 Å². The Kier molecular flexibility index (Phi) is 5.20. The molecule has 3 atom stereocenters. The monoisotopic (exact) mass is 297 g/mol. The first-order chi connectivity index (χ1) is 10.1. The van der Waals surface area contributed by atoms with Crippen LogP contribution in [0.15, 0.2) is 0 Å². The molecule has 1 aliphatic heterocycles. The Hall–Kier alpha value is -1.59. The minimum absolute atomic E-state index is 0.183. The fourth-order valence-corrected chi connectivity index (χ4v) is 3.51. The van der Waals surface area contributed by atoms with Crippen molar-refractivity contribution in [1.29, 1.82) is 0 Å². The number of esters is 1. The molecule has 0 aromatic heterocycles. The van der Waals surface area contributed by atoms with E-state index in [4.69, 9.17) is 4.74 Å². The number of likely N-dealkylation sites (tertiary alicyclic amines) is 1. The summed E-state index contributed by atoms with van der Waals surface area (Å²) in [5.74, 6) is -2.60. The molecule has 1 saturated carbocycles. The van der Waals surface area contributed by atoms with Crippen LogP contribution in [0.1, 0.15) is 44.9 Å². The molecule has 118 valence electrons. The maximum absolute atomic E-state index is 12.8. The van der Waals surface area contributed by atoms with Crippen LogP contribution in [0.25, 0.3) is 0 Å². The lowest BCUT2D eigenvalue weighted by atomic mass is 9.78. The predicted molar refractivity (Wildman–Crippen MR) is 74.5 cm³/mol. The summed E-state index contributed by atoms with van der Waals surface area (Å²) in [5.41, 5.74) is 0. The normalized spacial score (nSPS) is 29.8. The zero-order valence-corrected chi connectivity index (χ0v) is 12.4. The number of ether oxygens (including phenoxy) is 1. The first kappa shape index (κ1) is 15.8. The highest BCUT2D eigenvalue weighted by Crippen LogP contribution is 2.33. The Bertz CT molecular complexity index is 422. The van der Waals surface area contributed by atoms with E-state index in [-0.39, 0.29) is 5.91 Å². The van der Waals surface area contributed by atoms with E-state index in [0.29, 0.717) is 25.8 Å². The first-order valence-corrected chi connectivity index (χ1v) is 7.67. The molecule has 1 aliphatic carbocycles. The van der Waals surface area contributed by atoms with Gasteiger partial charge in [0.25, 0.3) is 0 Å². The quantitative estimate of drug-likeness (QED) is 0.797. The second-order valence-electron chi connectivity index (χ2n) is 5.90. The van der Waals surface area contributed by atoms with E-state index in [0.717, 1.165) is 25.7 Å². The molecule has 1 saturated heterocycles. The van der Waals surface area contributed by atoms with Gasteiger partial charge in [-0.25, -0.2) is 4.79 Å². The predicted octanol–water partition coefficient (Wildman–Crippen LogP) is 1.43. The third-order valence-corrected chi connectivity index (χ3v) is 4.66. The Morgan fingerprint density at radius 2 is 1.62 bits per heavy atom. The lowest BCUT2D eigenvalue weighted by Crippen LogP contribution is -2.52. The zero-order chi connectivity index (χ0) is 15.4. The molecule has 0 radical (unpaired) electrons. The number of aliphatic carboxylic acids is 1. The van der Waals surface area contributed by atoms with Gasteiger partial charge >= 0.3 is 11.9 Å². The molecular weight excluding hydrogens is 274 g/mol. The van der Waals surface area contributed by atoms with Gasteiger partial charge in [0.2, 0.25) is 5.91 Å². The zero-order valence-electron chi connectivity index (χ0n) is 12.4. The van der Waals surface area contributed by atoms with Gasteiger partial charge in [-0.05, 0) is 32.1 Å². The van der Waals surface area contributed by atoms with Crippen molar-refractivity contribution in [3.63, 3.8) is 0 Å². The highest BCUT2D eigenvalue weighted by atomic mass is 16.5. The van der Waals surface area contributed by atoms with E-state index in [9.17, 15) is 19.5 Å². The van der Waals surface area contributed by atoms with Crippen LogP contribution in [0.2, 0.25) is 0 Å². The van der Waals surface area contributed by atoms with Gasteiger partial charge in [-0.15, -0.1) is 0 Å². The molecule has 0 aromatic rings. The number of carbonyl (C=O) groups excluding carboxylic acids is 2. The molecule has 2 aliphatic rings. The fraction of sp³-hybridized carbons (Fsp3) is 0.800. The topological polar surface area (TPSA) is 83.9 Å². The summed E-state index contributed by atoms with van der Waals surface area (Å²) >= 11 is 0. The number of piperidine rings is 1. The average molecular weight is 297 g/mol. The van der Waals surface area contributed by atoms with E-state index in [2.05, 4.69) is 0 Å². The molecule has 21 heavy (non-hydrogen) atoms. The summed E-state index contributed by atoms with van der Waals surface area (Å²) in [6.07, 6.45) is 5.20. The van der Waals surface area contributed by atoms with Gasteiger partial charge < -0.3 is 14.7 Å². The minimum Gasteiger partial charge on any atom is -0.481 e. The number of amides is 1. The number of hydrogen-bond donors (Lipinski definition) is 1. The average Bonchev–Trinajstić information content (AvgIpc) is 2.53. The number of nitrogens with zero attached hydrogens (tertiary/aromatic N) is 1. The summed E-state index contributed by atoms with van der Waals surface area (Å²) in [4.78, 5) is 37.5. The number of carbonyl (C=O) groups is 3. The van der Waals surface area contributed by atoms with Crippen LogP contribution < -0.4 is 0 Å². The lowest BCUT2D eigenvalue weighted by molar-refractivity contribution is -0.160. The van der Waals surface area contributed by atoms with E-state index in [1.165, 1.54) is 7.11 Å². The van der Waals surface area contributed by atoms with E-state index in [1.807, 2.05) is 0 Å². The Morgan fingerprint density at radius 3 is 2.24 bits per heavy atom. The maximum atomic E-state index is 12.8. The Morgan fingerprint density at radius 1 is 1.00 bits per heavy atom. The van der Waals surface area contributed by atoms with Crippen LogP contribution in [0.5, 0.6) is 0 Å². The molecule has 2 fully saturated rings. The second kappa shape index (κ2) is 6.91. The standard InChI is InChI=1S/C15H23NO5/c1-21-15(20)12-8-4-5-9-16(12)13(17)10-6-2-3-7-11(10)14(18)19/h10-12H,2-9H2,1H3,(H,18,19). The molecule has 0 aromatic carbocycles. The summed E-state index contributed by atoms with van der Waals surface area (Å²) in [7, 11) is 1.32. The Labute approximate surface area is 124 Å². The number of carboxylic acids is 1. The van der Waals surface area contributed by atoms with Crippen molar-refractivity contribution in [3.05, 3.63) is 0 Å². The molecule has 2 rings (SSSR count). The molecule has 6 nitrogen and oxygen atoms in total. The highest BCUT2D eigenvalue weighted by Gasteiger charge is 2.41. The molecule has 1 N–H and O–H groups in total. The smallest absolute Gasteiger partial charge is 0.328 e.